The predicted octanol–water partition coefficient (Wildman–Crippen LogP) is 3.07. The normalized spacial score (nSPS) is 23.4. The number of rotatable bonds is 4. The first kappa shape index (κ1) is 16.3. The predicted molar refractivity (Wildman–Crippen MR) is 86.5 cm³/mol. The molecule has 5 heteroatoms. The molecule has 0 spiro atoms. The van der Waals surface area contributed by atoms with E-state index in [-0.39, 0.29) is 6.04 Å². The quantitative estimate of drug-likeness (QED) is 0.840. The molecule has 118 valence electrons. The van der Waals surface area contributed by atoms with Crippen molar-refractivity contribution in [2.45, 2.75) is 57.4 Å². The smallest absolute Gasteiger partial charge is 0.241 e. The van der Waals surface area contributed by atoms with E-state index in [1.165, 1.54) is 6.42 Å². The second kappa shape index (κ2) is 6.36. The number of benzene rings is 1. The van der Waals surface area contributed by atoms with Crippen molar-refractivity contribution in [2.75, 3.05) is 5.73 Å². The third-order valence-corrected chi connectivity index (χ3v) is 6.12. The molecule has 0 bridgehead atoms. The van der Waals surface area contributed by atoms with E-state index in [2.05, 4.69) is 18.6 Å². The summed E-state index contributed by atoms with van der Waals surface area (Å²) < 4.78 is 28.2. The third-order valence-electron chi connectivity index (χ3n) is 4.47. The molecule has 1 aromatic carbocycles. The zero-order chi connectivity index (χ0) is 15.6. The van der Waals surface area contributed by atoms with Crippen molar-refractivity contribution < 1.29 is 8.42 Å². The number of aryl methyl sites for hydroxylation is 1. The van der Waals surface area contributed by atoms with Gasteiger partial charge in [-0.25, -0.2) is 13.1 Å². The average Bonchev–Trinajstić information content (AvgIpc) is 2.37. The van der Waals surface area contributed by atoms with Gasteiger partial charge in [-0.05, 0) is 55.4 Å². The van der Waals surface area contributed by atoms with Crippen LogP contribution in [0.15, 0.2) is 23.1 Å². The Kier molecular flexibility index (Phi) is 4.94. The Bertz CT molecular complexity index is 596. The molecule has 0 saturated heterocycles. The third kappa shape index (κ3) is 3.77. The van der Waals surface area contributed by atoms with Gasteiger partial charge in [0.25, 0.3) is 0 Å². The van der Waals surface area contributed by atoms with E-state index in [0.717, 1.165) is 19.3 Å². The van der Waals surface area contributed by atoms with Gasteiger partial charge >= 0.3 is 0 Å². The van der Waals surface area contributed by atoms with Crippen LogP contribution in [0, 0.1) is 18.8 Å². The summed E-state index contributed by atoms with van der Waals surface area (Å²) in [5.74, 6) is 0.910. The minimum atomic E-state index is -3.48. The molecule has 1 aliphatic carbocycles. The lowest BCUT2D eigenvalue weighted by molar-refractivity contribution is 0.226. The molecule has 0 heterocycles. The van der Waals surface area contributed by atoms with Gasteiger partial charge in [0.1, 0.15) is 0 Å². The average molecular weight is 310 g/mol. The topological polar surface area (TPSA) is 72.2 Å². The summed E-state index contributed by atoms with van der Waals surface area (Å²) in [4.78, 5) is 0.338. The maximum absolute atomic E-state index is 12.6. The number of hydrogen-bond acceptors (Lipinski definition) is 3. The number of nitrogens with one attached hydrogen (secondary N) is 1. The Hall–Kier alpha value is -1.07. The SMILES string of the molecule is Cc1cc(N)ccc1S(=O)(=O)NC1CCCCC1C(C)C. The van der Waals surface area contributed by atoms with Crippen molar-refractivity contribution in [1.82, 2.24) is 4.72 Å². The van der Waals surface area contributed by atoms with E-state index in [1.807, 2.05) is 0 Å². The van der Waals surface area contributed by atoms with E-state index < -0.39 is 10.0 Å². The van der Waals surface area contributed by atoms with Gasteiger partial charge in [0.15, 0.2) is 0 Å². The van der Waals surface area contributed by atoms with Gasteiger partial charge in [-0.15, -0.1) is 0 Å². The summed E-state index contributed by atoms with van der Waals surface area (Å²) in [7, 11) is -3.48. The number of hydrogen-bond donors (Lipinski definition) is 2. The van der Waals surface area contributed by atoms with Crippen LogP contribution in [0.3, 0.4) is 0 Å². The summed E-state index contributed by atoms with van der Waals surface area (Å²) >= 11 is 0. The number of anilines is 1. The highest BCUT2D eigenvalue weighted by atomic mass is 32.2. The van der Waals surface area contributed by atoms with Crippen LogP contribution in [0.1, 0.15) is 45.1 Å². The maximum Gasteiger partial charge on any atom is 0.241 e. The van der Waals surface area contributed by atoms with Crippen molar-refractivity contribution in [3.05, 3.63) is 23.8 Å². The maximum atomic E-state index is 12.6. The molecule has 2 atom stereocenters. The second-order valence-electron chi connectivity index (χ2n) is 6.45. The number of nitrogens with two attached hydrogens (primary N) is 1. The summed E-state index contributed by atoms with van der Waals surface area (Å²) in [5, 5.41) is 0. The standard InChI is InChI=1S/C16H26N2O2S/c1-11(2)14-6-4-5-7-15(14)18-21(19,20)16-9-8-13(17)10-12(16)3/h8-11,14-15,18H,4-7,17H2,1-3H3. The molecule has 0 radical (unpaired) electrons. The molecule has 0 aromatic heterocycles. The first-order valence-electron chi connectivity index (χ1n) is 7.69. The molecule has 0 aliphatic heterocycles. The lowest BCUT2D eigenvalue weighted by Gasteiger charge is -2.34. The minimum Gasteiger partial charge on any atom is -0.399 e. The van der Waals surface area contributed by atoms with Crippen LogP contribution in [-0.2, 0) is 10.0 Å². The highest BCUT2D eigenvalue weighted by Gasteiger charge is 2.31. The fourth-order valence-corrected chi connectivity index (χ4v) is 4.89. The Labute approximate surface area is 128 Å². The van der Waals surface area contributed by atoms with Crippen LogP contribution in [0.4, 0.5) is 5.69 Å². The fraction of sp³-hybridized carbons (Fsp3) is 0.625. The van der Waals surface area contributed by atoms with Crippen LogP contribution in [-0.4, -0.2) is 14.5 Å². The van der Waals surface area contributed by atoms with Gasteiger partial charge in [0.2, 0.25) is 10.0 Å². The van der Waals surface area contributed by atoms with E-state index >= 15 is 0 Å². The summed E-state index contributed by atoms with van der Waals surface area (Å²) in [6.45, 7) is 6.13. The van der Waals surface area contributed by atoms with E-state index in [0.29, 0.717) is 28.0 Å². The molecule has 21 heavy (non-hydrogen) atoms. The monoisotopic (exact) mass is 310 g/mol. The van der Waals surface area contributed by atoms with Gasteiger partial charge in [-0.1, -0.05) is 26.7 Å². The Morgan fingerprint density at radius 1 is 1.24 bits per heavy atom. The second-order valence-corrected chi connectivity index (χ2v) is 8.13. The van der Waals surface area contributed by atoms with Gasteiger partial charge < -0.3 is 5.73 Å². The molecule has 2 unspecified atom stereocenters. The molecular formula is C16H26N2O2S. The van der Waals surface area contributed by atoms with Crippen LogP contribution < -0.4 is 10.5 Å². The van der Waals surface area contributed by atoms with Crippen LogP contribution >= 0.6 is 0 Å². The first-order valence-corrected chi connectivity index (χ1v) is 9.18. The van der Waals surface area contributed by atoms with Crippen molar-refractivity contribution in [2.24, 2.45) is 11.8 Å². The highest BCUT2D eigenvalue weighted by molar-refractivity contribution is 7.89. The van der Waals surface area contributed by atoms with Crippen LogP contribution in [0.2, 0.25) is 0 Å². The summed E-state index contributed by atoms with van der Waals surface area (Å²) in [6.07, 6.45) is 4.32. The van der Waals surface area contributed by atoms with Crippen molar-refractivity contribution in [3.63, 3.8) is 0 Å². The van der Waals surface area contributed by atoms with E-state index in [4.69, 9.17) is 5.73 Å². The molecule has 0 amide bonds. The zero-order valence-corrected chi connectivity index (χ0v) is 13.9. The molecule has 1 saturated carbocycles. The number of sulfonamides is 1. The largest absolute Gasteiger partial charge is 0.399 e. The van der Waals surface area contributed by atoms with Gasteiger partial charge in [-0.2, -0.15) is 0 Å². The van der Waals surface area contributed by atoms with Crippen LogP contribution in [0.25, 0.3) is 0 Å². The van der Waals surface area contributed by atoms with Gasteiger partial charge in [-0.3, -0.25) is 0 Å². The Morgan fingerprint density at radius 2 is 1.90 bits per heavy atom. The zero-order valence-electron chi connectivity index (χ0n) is 13.1. The van der Waals surface area contributed by atoms with E-state index in [9.17, 15) is 8.42 Å². The minimum absolute atomic E-state index is 0.0423. The first-order chi connectivity index (χ1) is 9.81. The Balaban J connectivity index is 2.23. The van der Waals surface area contributed by atoms with Gasteiger partial charge in [0, 0.05) is 11.7 Å². The molecule has 3 N–H and O–H groups in total. The van der Waals surface area contributed by atoms with Crippen molar-refractivity contribution in [3.8, 4) is 0 Å². The van der Waals surface area contributed by atoms with Gasteiger partial charge in [0.05, 0.1) is 4.90 Å². The lowest BCUT2D eigenvalue weighted by Crippen LogP contribution is -2.44. The summed E-state index contributed by atoms with van der Waals surface area (Å²) in [6, 6.07) is 4.98. The Morgan fingerprint density at radius 3 is 2.52 bits per heavy atom. The molecular weight excluding hydrogens is 284 g/mol. The van der Waals surface area contributed by atoms with Crippen LogP contribution in [0.5, 0.6) is 0 Å². The lowest BCUT2D eigenvalue weighted by atomic mass is 9.78. The molecule has 1 fully saturated rings. The molecule has 1 aliphatic rings. The number of nitrogen functional groups attached to an aromatic ring is 1. The summed E-state index contributed by atoms with van der Waals surface area (Å²) in [5.41, 5.74) is 6.98. The van der Waals surface area contributed by atoms with Crippen molar-refractivity contribution in [1.29, 1.82) is 0 Å². The fourth-order valence-electron chi connectivity index (χ4n) is 3.34. The highest BCUT2D eigenvalue weighted by Crippen LogP contribution is 2.31. The van der Waals surface area contributed by atoms with Crippen molar-refractivity contribution >= 4 is 15.7 Å². The molecule has 2 rings (SSSR count). The van der Waals surface area contributed by atoms with E-state index in [1.54, 1.807) is 25.1 Å². The molecule has 1 aromatic rings. The molecule has 4 nitrogen and oxygen atoms in total.